The van der Waals surface area contributed by atoms with Crippen molar-refractivity contribution in [3.8, 4) is 0 Å². The Morgan fingerprint density at radius 2 is 1.00 bits per heavy atom. The van der Waals surface area contributed by atoms with Gasteiger partial charge in [0.15, 0.2) is 0 Å². The Bertz CT molecular complexity index is 244. The molecule has 0 radical (unpaired) electrons. The van der Waals surface area contributed by atoms with E-state index < -0.39 is 0 Å². The van der Waals surface area contributed by atoms with Gasteiger partial charge in [-0.2, -0.15) is 0 Å². The molecule has 0 aromatic carbocycles. The highest BCUT2D eigenvalue weighted by atomic mass is 32.2. The van der Waals surface area contributed by atoms with Crippen molar-refractivity contribution in [2.45, 2.75) is 110 Å². The zero-order valence-electron chi connectivity index (χ0n) is 15.5. The van der Waals surface area contributed by atoms with E-state index >= 15 is 0 Å². The van der Waals surface area contributed by atoms with Crippen molar-refractivity contribution in [3.05, 3.63) is 0 Å². The molecule has 0 saturated heterocycles. The van der Waals surface area contributed by atoms with Crippen molar-refractivity contribution >= 4 is 28.2 Å². The zero-order chi connectivity index (χ0) is 17.0. The molecule has 0 aliphatic heterocycles. The first-order chi connectivity index (χ1) is 11.3. The maximum atomic E-state index is 8.81. The second kappa shape index (κ2) is 20.4. The number of aliphatic hydroxyl groups excluding tert-OH is 1. The van der Waals surface area contributed by atoms with Crippen LogP contribution < -0.4 is 0 Å². The van der Waals surface area contributed by atoms with E-state index in [0.717, 1.165) is 9.95 Å². The molecule has 0 aliphatic carbocycles. The molecular weight excluding hydrogens is 320 g/mol. The molecular formula is C20H40OS2. The summed E-state index contributed by atoms with van der Waals surface area (Å²) in [6.45, 7) is 2.34. The minimum absolute atomic E-state index is 0.0544. The highest BCUT2D eigenvalue weighted by Gasteiger charge is 1.96. The van der Waals surface area contributed by atoms with Gasteiger partial charge in [-0.05, 0) is 12.2 Å². The fraction of sp³-hybridized carbons (Fsp3) is 0.950. The molecule has 0 spiro atoms. The first-order valence-electron chi connectivity index (χ1n) is 10.1. The number of hydrogen-bond acceptors (Lipinski definition) is 3. The highest BCUT2D eigenvalue weighted by molar-refractivity contribution is 8.23. The van der Waals surface area contributed by atoms with Crippen molar-refractivity contribution in [1.82, 2.24) is 0 Å². The molecule has 0 unspecified atom stereocenters. The third-order valence-corrected chi connectivity index (χ3v) is 5.82. The Morgan fingerprint density at radius 3 is 1.35 bits per heavy atom. The number of hydrogen-bond donors (Lipinski definition) is 1. The minimum atomic E-state index is 0.0544. The van der Waals surface area contributed by atoms with Crippen LogP contribution in [0.1, 0.15) is 110 Å². The third kappa shape index (κ3) is 20.4. The Hall–Kier alpha value is 0.400. The summed E-state index contributed by atoms with van der Waals surface area (Å²) in [6.07, 6.45) is 22.6. The normalized spacial score (nSPS) is 11.0. The third-order valence-electron chi connectivity index (χ3n) is 4.39. The van der Waals surface area contributed by atoms with Gasteiger partial charge in [0, 0.05) is 0 Å². The molecule has 0 atom stereocenters. The average molecular weight is 361 g/mol. The van der Waals surface area contributed by atoms with Crippen LogP contribution >= 0.6 is 24.0 Å². The van der Waals surface area contributed by atoms with Crippen molar-refractivity contribution in [2.24, 2.45) is 0 Å². The van der Waals surface area contributed by atoms with Crippen LogP contribution in [-0.4, -0.2) is 21.7 Å². The Balaban J connectivity index is 2.99. The Kier molecular flexibility index (Phi) is 20.8. The van der Waals surface area contributed by atoms with Crippen molar-refractivity contribution < 1.29 is 5.11 Å². The van der Waals surface area contributed by atoms with Gasteiger partial charge >= 0.3 is 0 Å². The first kappa shape index (κ1) is 23.4. The van der Waals surface area contributed by atoms with E-state index in [1.165, 1.54) is 103 Å². The smallest absolute Gasteiger partial charge is 0.0842 e. The fourth-order valence-electron chi connectivity index (χ4n) is 2.88. The summed E-state index contributed by atoms with van der Waals surface area (Å²) in [7, 11) is 0. The van der Waals surface area contributed by atoms with Gasteiger partial charge in [-0.1, -0.05) is 115 Å². The Labute approximate surface area is 155 Å². The molecule has 0 heterocycles. The van der Waals surface area contributed by atoms with E-state index in [1.54, 1.807) is 11.8 Å². The van der Waals surface area contributed by atoms with Crippen LogP contribution in [0.5, 0.6) is 0 Å². The zero-order valence-corrected chi connectivity index (χ0v) is 17.1. The lowest BCUT2D eigenvalue weighted by molar-refractivity contribution is 0.362. The standard InChI is InChI=1S/C20H40OS2/c1-2-3-4-5-6-7-8-9-10-11-12-13-14-15-16-17-18-23-20(22)19-21/h21H,2-19H2,1H3. The summed E-state index contributed by atoms with van der Waals surface area (Å²) in [5, 5.41) is 8.81. The monoisotopic (exact) mass is 360 g/mol. The van der Waals surface area contributed by atoms with Crippen LogP contribution in [0.4, 0.5) is 0 Å². The van der Waals surface area contributed by atoms with Gasteiger partial charge in [0.25, 0.3) is 0 Å². The summed E-state index contributed by atoms with van der Waals surface area (Å²) in [6, 6.07) is 0. The van der Waals surface area contributed by atoms with E-state index in [4.69, 9.17) is 17.3 Å². The molecule has 0 amide bonds. The van der Waals surface area contributed by atoms with E-state index in [0.29, 0.717) is 0 Å². The summed E-state index contributed by atoms with van der Waals surface area (Å²) < 4.78 is 0.742. The molecule has 0 aromatic heterocycles. The second-order valence-corrected chi connectivity index (χ2v) is 8.62. The van der Waals surface area contributed by atoms with Gasteiger partial charge in [-0.15, -0.1) is 11.8 Å². The quantitative estimate of drug-likeness (QED) is 0.204. The van der Waals surface area contributed by atoms with E-state index in [2.05, 4.69) is 6.92 Å². The number of thioether (sulfide) groups is 1. The average Bonchev–Trinajstić information content (AvgIpc) is 2.57. The highest BCUT2D eigenvalue weighted by Crippen LogP contribution is 2.14. The lowest BCUT2D eigenvalue weighted by Crippen LogP contribution is -1.95. The van der Waals surface area contributed by atoms with Crippen LogP contribution in [-0.2, 0) is 0 Å². The SMILES string of the molecule is CCCCCCCCCCCCCCCCCCSC(=S)CO. The number of aliphatic hydroxyl groups is 1. The second-order valence-electron chi connectivity index (χ2n) is 6.68. The number of unbranched alkanes of at least 4 members (excludes halogenated alkanes) is 15. The predicted octanol–water partition coefficient (Wildman–Crippen LogP) is 7.30. The summed E-state index contributed by atoms with van der Waals surface area (Å²) in [4.78, 5) is 0. The van der Waals surface area contributed by atoms with Crippen LogP contribution in [0.2, 0.25) is 0 Å². The van der Waals surface area contributed by atoms with Gasteiger partial charge in [0.2, 0.25) is 0 Å². The summed E-state index contributed by atoms with van der Waals surface area (Å²) in [5.41, 5.74) is 0. The first-order valence-corrected chi connectivity index (χ1v) is 11.5. The number of thiocarbonyl (C=S) groups is 1. The molecule has 0 aliphatic rings. The topological polar surface area (TPSA) is 20.2 Å². The molecule has 138 valence electrons. The lowest BCUT2D eigenvalue weighted by atomic mass is 10.0. The van der Waals surface area contributed by atoms with Crippen LogP contribution in [0.25, 0.3) is 0 Å². The van der Waals surface area contributed by atoms with Gasteiger partial charge in [-0.3, -0.25) is 0 Å². The van der Waals surface area contributed by atoms with Gasteiger partial charge < -0.3 is 5.11 Å². The van der Waals surface area contributed by atoms with Crippen molar-refractivity contribution in [2.75, 3.05) is 12.4 Å². The van der Waals surface area contributed by atoms with E-state index in [9.17, 15) is 0 Å². The minimum Gasteiger partial charge on any atom is -0.390 e. The van der Waals surface area contributed by atoms with Crippen molar-refractivity contribution in [3.63, 3.8) is 0 Å². The lowest BCUT2D eigenvalue weighted by Gasteiger charge is -2.04. The van der Waals surface area contributed by atoms with Gasteiger partial charge in [-0.25, -0.2) is 0 Å². The molecule has 23 heavy (non-hydrogen) atoms. The Morgan fingerprint density at radius 1 is 0.652 bits per heavy atom. The maximum Gasteiger partial charge on any atom is 0.0842 e. The van der Waals surface area contributed by atoms with E-state index in [1.807, 2.05) is 0 Å². The van der Waals surface area contributed by atoms with Crippen LogP contribution in [0.3, 0.4) is 0 Å². The van der Waals surface area contributed by atoms with Crippen LogP contribution in [0.15, 0.2) is 0 Å². The molecule has 3 heteroatoms. The maximum absolute atomic E-state index is 8.81. The molecule has 0 saturated carbocycles. The molecule has 0 aromatic rings. The molecule has 1 N–H and O–H groups in total. The predicted molar refractivity (Wildman–Crippen MR) is 112 cm³/mol. The molecule has 0 bridgehead atoms. The largest absolute Gasteiger partial charge is 0.390 e. The molecule has 0 fully saturated rings. The van der Waals surface area contributed by atoms with Crippen LogP contribution in [0, 0.1) is 0 Å². The molecule has 1 nitrogen and oxygen atoms in total. The van der Waals surface area contributed by atoms with Gasteiger partial charge in [0.1, 0.15) is 0 Å². The summed E-state index contributed by atoms with van der Waals surface area (Å²) in [5.74, 6) is 1.08. The van der Waals surface area contributed by atoms with Gasteiger partial charge in [0.05, 0.1) is 10.8 Å². The molecule has 0 rings (SSSR count). The number of rotatable bonds is 18. The van der Waals surface area contributed by atoms with Crippen molar-refractivity contribution in [1.29, 1.82) is 0 Å². The summed E-state index contributed by atoms with van der Waals surface area (Å²) >= 11 is 6.62. The fourth-order valence-corrected chi connectivity index (χ4v) is 3.80. The van der Waals surface area contributed by atoms with E-state index in [-0.39, 0.29) is 6.61 Å².